The fourth-order valence-electron chi connectivity index (χ4n) is 4.98. The number of hydrogen-bond donors (Lipinski definition) is 1. The molecule has 1 aliphatic carbocycles. The average molecular weight is 433 g/mol. The molecule has 0 spiro atoms. The number of nitrogens with zero attached hydrogens (tertiary/aromatic N) is 4. The van der Waals surface area contributed by atoms with E-state index in [1.165, 1.54) is 0 Å². The molecule has 2 unspecified atom stereocenters. The van der Waals surface area contributed by atoms with E-state index >= 15 is 0 Å². The quantitative estimate of drug-likeness (QED) is 0.681. The van der Waals surface area contributed by atoms with Gasteiger partial charge < -0.3 is 14.7 Å². The first-order valence-electron chi connectivity index (χ1n) is 11.2. The van der Waals surface area contributed by atoms with Crippen molar-refractivity contribution >= 4 is 22.7 Å². The van der Waals surface area contributed by atoms with Gasteiger partial charge in [-0.1, -0.05) is 31.1 Å². The summed E-state index contributed by atoms with van der Waals surface area (Å²) in [6.45, 7) is 0.766. The number of likely N-dealkylation sites (N-methyl/N-ethyl adjacent to an activating group) is 1. The van der Waals surface area contributed by atoms with E-state index in [0.29, 0.717) is 17.7 Å². The highest BCUT2D eigenvalue weighted by Gasteiger charge is 2.27. The topological polar surface area (TPSA) is 80.5 Å². The maximum Gasteiger partial charge on any atom is 0.261 e. The molecule has 1 aromatic carbocycles. The van der Waals surface area contributed by atoms with Gasteiger partial charge in [0.1, 0.15) is 5.52 Å². The summed E-state index contributed by atoms with van der Waals surface area (Å²) in [6, 6.07) is 5.61. The first kappa shape index (κ1) is 20.7. The largest absolute Gasteiger partial charge is 0.481 e. The van der Waals surface area contributed by atoms with Crippen LogP contribution < -0.4 is 15.2 Å². The first-order chi connectivity index (χ1) is 15.6. The van der Waals surface area contributed by atoms with Crippen LogP contribution in [0, 0.1) is 0 Å². The van der Waals surface area contributed by atoms with Crippen LogP contribution in [0.25, 0.3) is 17.0 Å². The number of methoxy groups -OCH3 is 1. The Morgan fingerprint density at radius 2 is 2.06 bits per heavy atom. The van der Waals surface area contributed by atoms with Crippen molar-refractivity contribution in [2.45, 2.75) is 44.2 Å². The summed E-state index contributed by atoms with van der Waals surface area (Å²) in [5.41, 5.74) is 4.80. The van der Waals surface area contributed by atoms with Crippen LogP contribution in [0.1, 0.15) is 48.4 Å². The van der Waals surface area contributed by atoms with Gasteiger partial charge in [-0.25, -0.2) is 9.97 Å². The Morgan fingerprint density at radius 1 is 1.22 bits per heavy atom. The molecule has 32 heavy (non-hydrogen) atoms. The molecule has 5 rings (SSSR count). The molecular weight excluding hydrogens is 404 g/mol. The van der Waals surface area contributed by atoms with Crippen molar-refractivity contribution in [1.29, 1.82) is 0 Å². The molecule has 7 heteroatoms. The first-order valence-corrected chi connectivity index (χ1v) is 11.2. The zero-order valence-electron chi connectivity index (χ0n) is 18.5. The lowest BCUT2D eigenvalue weighted by Gasteiger charge is -2.30. The monoisotopic (exact) mass is 432 g/mol. The predicted molar refractivity (Wildman–Crippen MR) is 125 cm³/mol. The van der Waals surface area contributed by atoms with Gasteiger partial charge in [0, 0.05) is 31.4 Å². The number of rotatable bonds is 4. The van der Waals surface area contributed by atoms with Crippen molar-refractivity contribution < 1.29 is 9.84 Å². The summed E-state index contributed by atoms with van der Waals surface area (Å²) in [6.07, 6.45) is 11.4. The Morgan fingerprint density at radius 3 is 2.81 bits per heavy atom. The van der Waals surface area contributed by atoms with E-state index in [-0.39, 0.29) is 11.6 Å². The fourth-order valence-corrected chi connectivity index (χ4v) is 4.98. The van der Waals surface area contributed by atoms with Crippen LogP contribution in [0.15, 0.2) is 41.6 Å². The molecule has 7 nitrogen and oxygen atoms in total. The van der Waals surface area contributed by atoms with Gasteiger partial charge in [-0.05, 0) is 36.5 Å². The molecule has 3 aromatic rings. The molecule has 0 saturated heterocycles. The number of aliphatic hydroxyl groups is 1. The van der Waals surface area contributed by atoms with Crippen LogP contribution in [-0.4, -0.2) is 46.4 Å². The normalized spacial score (nSPS) is 20.4. The number of hydrogen-bond acceptors (Lipinski definition) is 6. The Bertz CT molecular complexity index is 1230. The lowest BCUT2D eigenvalue weighted by atomic mass is 9.92. The summed E-state index contributed by atoms with van der Waals surface area (Å²) in [7, 11) is 3.63. The summed E-state index contributed by atoms with van der Waals surface area (Å²) in [5, 5.41) is 11.1. The van der Waals surface area contributed by atoms with Gasteiger partial charge in [0.2, 0.25) is 5.88 Å². The summed E-state index contributed by atoms with van der Waals surface area (Å²) < 4.78 is 6.82. The van der Waals surface area contributed by atoms with E-state index in [1.54, 1.807) is 18.0 Å². The van der Waals surface area contributed by atoms with Crippen LogP contribution in [-0.2, 0) is 6.42 Å². The van der Waals surface area contributed by atoms with Crippen LogP contribution in [0.4, 0.5) is 5.69 Å². The molecular formula is C25H28N4O3. The van der Waals surface area contributed by atoms with Gasteiger partial charge in [-0.3, -0.25) is 9.36 Å². The van der Waals surface area contributed by atoms with Gasteiger partial charge >= 0.3 is 0 Å². The standard InChI is InChI=1S/C25H28N4O3/c1-28-11-5-6-18-17(12-16-9-10-22(32-2)26-14-16)13-19-23(24(18)28)27-15-29(25(19)31)20-7-3-4-8-21(20)30/h5-6,9-10,13-15,20-21,30H,3-4,7-8,11-12H2,1-2H3. The molecule has 1 N–H and O–H groups in total. The third-order valence-corrected chi connectivity index (χ3v) is 6.67. The minimum absolute atomic E-state index is 0.0826. The van der Waals surface area contributed by atoms with Crippen molar-refractivity contribution in [2.75, 3.05) is 25.6 Å². The molecule has 0 bridgehead atoms. The van der Waals surface area contributed by atoms with Crippen molar-refractivity contribution in [3.05, 3.63) is 63.8 Å². The van der Waals surface area contributed by atoms with E-state index in [2.05, 4.69) is 22.0 Å². The van der Waals surface area contributed by atoms with Crippen LogP contribution in [0.3, 0.4) is 0 Å². The molecule has 1 saturated carbocycles. The number of anilines is 1. The third-order valence-electron chi connectivity index (χ3n) is 6.67. The summed E-state index contributed by atoms with van der Waals surface area (Å²) >= 11 is 0. The summed E-state index contributed by atoms with van der Waals surface area (Å²) in [4.78, 5) is 24.8. The lowest BCUT2D eigenvalue weighted by molar-refractivity contribution is 0.0735. The number of aromatic nitrogens is 3. The minimum Gasteiger partial charge on any atom is -0.481 e. The molecule has 0 radical (unpaired) electrons. The number of pyridine rings is 1. The second kappa shape index (κ2) is 8.39. The third kappa shape index (κ3) is 3.56. The van der Waals surface area contributed by atoms with Gasteiger partial charge in [0.25, 0.3) is 5.56 Å². The van der Waals surface area contributed by atoms with Crippen molar-refractivity contribution in [1.82, 2.24) is 14.5 Å². The van der Waals surface area contributed by atoms with Crippen molar-refractivity contribution in [3.63, 3.8) is 0 Å². The fraction of sp³-hybridized carbons (Fsp3) is 0.400. The maximum atomic E-state index is 13.6. The van der Waals surface area contributed by atoms with E-state index in [4.69, 9.17) is 9.72 Å². The highest BCUT2D eigenvalue weighted by atomic mass is 16.5. The van der Waals surface area contributed by atoms with E-state index in [9.17, 15) is 9.90 Å². The molecule has 2 aliphatic rings. The molecule has 3 heterocycles. The van der Waals surface area contributed by atoms with Crippen LogP contribution in [0.2, 0.25) is 0 Å². The van der Waals surface area contributed by atoms with Crippen molar-refractivity contribution in [3.8, 4) is 5.88 Å². The number of aliphatic hydroxyl groups excluding tert-OH is 1. The highest BCUT2D eigenvalue weighted by Crippen LogP contribution is 2.36. The molecule has 2 aromatic heterocycles. The minimum atomic E-state index is -0.506. The zero-order valence-corrected chi connectivity index (χ0v) is 18.5. The second-order valence-corrected chi connectivity index (χ2v) is 8.74. The number of fused-ring (bicyclic) bond motifs is 3. The van der Waals surface area contributed by atoms with E-state index < -0.39 is 6.10 Å². The SMILES string of the molecule is COc1ccc(Cc2cc3c(=O)n(C4CCCCC4O)cnc3c3c2C=CCN3C)cn1. The Hall–Kier alpha value is -3.19. The average Bonchev–Trinajstić information content (AvgIpc) is 2.81. The van der Waals surface area contributed by atoms with Crippen LogP contribution >= 0.6 is 0 Å². The Labute approximate surface area is 187 Å². The molecule has 1 fully saturated rings. The lowest BCUT2D eigenvalue weighted by Crippen LogP contribution is -2.35. The molecule has 0 amide bonds. The summed E-state index contributed by atoms with van der Waals surface area (Å²) in [5.74, 6) is 0.576. The molecule has 166 valence electrons. The van der Waals surface area contributed by atoms with Gasteiger partial charge in [0.05, 0.1) is 36.7 Å². The van der Waals surface area contributed by atoms with Gasteiger partial charge in [0.15, 0.2) is 0 Å². The second-order valence-electron chi connectivity index (χ2n) is 8.74. The maximum absolute atomic E-state index is 13.6. The number of ether oxygens (including phenoxy) is 1. The van der Waals surface area contributed by atoms with E-state index in [0.717, 1.165) is 60.1 Å². The number of benzene rings is 1. The van der Waals surface area contributed by atoms with Crippen molar-refractivity contribution in [2.24, 2.45) is 0 Å². The van der Waals surface area contributed by atoms with Gasteiger partial charge in [-0.15, -0.1) is 0 Å². The predicted octanol–water partition coefficient (Wildman–Crippen LogP) is 3.33. The Kier molecular flexibility index (Phi) is 5.43. The molecule has 2 atom stereocenters. The zero-order chi connectivity index (χ0) is 22.2. The smallest absolute Gasteiger partial charge is 0.261 e. The van der Waals surface area contributed by atoms with Gasteiger partial charge in [-0.2, -0.15) is 0 Å². The molecule has 1 aliphatic heterocycles. The van der Waals surface area contributed by atoms with Crippen LogP contribution in [0.5, 0.6) is 5.88 Å². The highest BCUT2D eigenvalue weighted by molar-refractivity contribution is 5.97. The Balaban J connectivity index is 1.66. The van der Waals surface area contributed by atoms with E-state index in [1.807, 2.05) is 31.4 Å².